The number of rotatable bonds is 3. The normalized spacial score (nSPS) is 44.1. The first kappa shape index (κ1) is 21.0. The molecule has 0 spiro atoms. The number of fused-ring (bicyclic) bond motifs is 5. The fourth-order valence-corrected chi connectivity index (χ4v) is 9.10. The molecule has 0 aromatic heterocycles. The number of benzene rings is 1. The van der Waals surface area contributed by atoms with E-state index in [0.717, 1.165) is 38.5 Å². The van der Waals surface area contributed by atoms with Crippen LogP contribution in [0.25, 0.3) is 0 Å². The molecule has 0 saturated heterocycles. The average Bonchev–Trinajstić information content (AvgIpc) is 3.03. The van der Waals surface area contributed by atoms with E-state index in [4.69, 9.17) is 4.18 Å². The second-order valence-corrected chi connectivity index (χ2v) is 12.5. The molecule has 4 aliphatic carbocycles. The van der Waals surface area contributed by atoms with Crippen molar-refractivity contribution >= 4 is 16.7 Å². The lowest BCUT2D eigenvalue weighted by Gasteiger charge is -2.60. The molecule has 1 aromatic carbocycles. The predicted molar refractivity (Wildman–Crippen MR) is 119 cm³/mol. The van der Waals surface area contributed by atoms with E-state index in [0.29, 0.717) is 39.8 Å². The quantitative estimate of drug-likeness (QED) is 0.557. The van der Waals surface area contributed by atoms with Crippen LogP contribution in [0.15, 0.2) is 35.2 Å². The van der Waals surface area contributed by atoms with Gasteiger partial charge in [-0.2, -0.15) is 0 Å². The Morgan fingerprint density at radius 2 is 1.73 bits per heavy atom. The maximum Gasteiger partial charge on any atom is 0.139 e. The molecule has 0 heterocycles. The van der Waals surface area contributed by atoms with E-state index in [1.807, 2.05) is 18.2 Å². The van der Waals surface area contributed by atoms with Gasteiger partial charge in [-0.05, 0) is 92.6 Å². The molecular weight excluding hydrogens is 396 g/mol. The van der Waals surface area contributed by atoms with Crippen molar-refractivity contribution in [1.82, 2.24) is 0 Å². The van der Waals surface area contributed by atoms with E-state index >= 15 is 0 Å². The van der Waals surface area contributed by atoms with Crippen LogP contribution in [0.5, 0.6) is 0 Å². The monoisotopic (exact) mass is 432 g/mol. The van der Waals surface area contributed by atoms with Gasteiger partial charge >= 0.3 is 0 Å². The summed E-state index contributed by atoms with van der Waals surface area (Å²) < 4.78 is 27.2. The van der Waals surface area contributed by atoms with Crippen molar-refractivity contribution in [2.24, 2.45) is 34.5 Å². The van der Waals surface area contributed by atoms with Gasteiger partial charge in [0.15, 0.2) is 0 Å². The van der Waals surface area contributed by atoms with Crippen molar-refractivity contribution in [3.8, 4) is 0 Å². The van der Waals surface area contributed by atoms with E-state index in [1.54, 1.807) is 12.1 Å². The number of Topliss-reactive ketones (excluding diaryl/α,β-unsaturated/α-hetero) is 1. The van der Waals surface area contributed by atoms with Crippen molar-refractivity contribution < 1.29 is 18.1 Å². The zero-order valence-electron chi connectivity index (χ0n) is 18.3. The topological polar surface area (TPSA) is 66.8 Å². The molecule has 1 aromatic rings. The van der Waals surface area contributed by atoms with Crippen LogP contribution in [0, 0.1) is 34.5 Å². The Hall–Kier alpha value is -0.880. The minimum absolute atomic E-state index is 0.0584. The van der Waals surface area contributed by atoms with Crippen LogP contribution in [0.1, 0.15) is 71.6 Å². The van der Waals surface area contributed by atoms with Crippen molar-refractivity contribution in [2.75, 3.05) is 0 Å². The largest absolute Gasteiger partial charge is 0.304 e. The summed E-state index contributed by atoms with van der Waals surface area (Å²) in [5.74, 6) is 3.07. The fraction of sp³-hybridized carbons (Fsp3) is 0.720. The van der Waals surface area contributed by atoms with Crippen molar-refractivity contribution in [1.29, 1.82) is 0 Å². The minimum atomic E-state index is -3.20. The summed E-state index contributed by atoms with van der Waals surface area (Å²) in [5, 5.41) is 0. The van der Waals surface area contributed by atoms with Gasteiger partial charge < -0.3 is 9.11 Å². The van der Waals surface area contributed by atoms with E-state index in [-0.39, 0.29) is 11.5 Å². The summed E-state index contributed by atoms with van der Waals surface area (Å²) in [6, 6.07) is 8.97. The SMILES string of the molecule is CC12CCC3C(CCC4CC(OS(O)(O)c5ccccc5)CCC43C)C1CCC2=O. The Morgan fingerprint density at radius 1 is 0.967 bits per heavy atom. The third-order valence-electron chi connectivity index (χ3n) is 9.65. The lowest BCUT2D eigenvalue weighted by Crippen LogP contribution is -2.54. The van der Waals surface area contributed by atoms with Crippen molar-refractivity contribution in [3.63, 3.8) is 0 Å². The predicted octanol–water partition coefficient (Wildman–Crippen LogP) is 6.71. The summed E-state index contributed by atoms with van der Waals surface area (Å²) in [4.78, 5) is 13.1. The average molecular weight is 433 g/mol. The molecule has 4 aliphatic rings. The molecule has 7 atom stereocenters. The highest BCUT2D eigenvalue weighted by atomic mass is 32.3. The van der Waals surface area contributed by atoms with Gasteiger partial charge in [-0.25, -0.2) is 0 Å². The summed E-state index contributed by atoms with van der Waals surface area (Å²) in [6.45, 7) is 4.73. The van der Waals surface area contributed by atoms with Crippen molar-refractivity contribution in [2.45, 2.75) is 82.6 Å². The van der Waals surface area contributed by atoms with Crippen LogP contribution in [-0.4, -0.2) is 21.0 Å². The fourth-order valence-electron chi connectivity index (χ4n) is 7.92. The zero-order chi connectivity index (χ0) is 21.1. The molecule has 0 bridgehead atoms. The maximum atomic E-state index is 12.6. The molecule has 30 heavy (non-hydrogen) atoms. The maximum absolute atomic E-state index is 12.6. The van der Waals surface area contributed by atoms with Crippen LogP contribution in [-0.2, 0) is 8.98 Å². The van der Waals surface area contributed by atoms with Crippen LogP contribution < -0.4 is 0 Å². The van der Waals surface area contributed by atoms with Crippen LogP contribution >= 0.6 is 10.9 Å². The van der Waals surface area contributed by atoms with E-state index in [2.05, 4.69) is 13.8 Å². The molecule has 5 heteroatoms. The summed E-state index contributed by atoms with van der Waals surface area (Å²) in [7, 11) is -3.20. The van der Waals surface area contributed by atoms with Crippen LogP contribution in [0.3, 0.4) is 0 Å². The Bertz CT molecular complexity index is 811. The lowest BCUT2D eigenvalue weighted by molar-refractivity contribution is -0.141. The van der Waals surface area contributed by atoms with Crippen LogP contribution in [0.4, 0.5) is 0 Å². The molecule has 5 rings (SSSR count). The van der Waals surface area contributed by atoms with Gasteiger partial charge in [0.1, 0.15) is 16.7 Å². The molecule has 2 N–H and O–H groups in total. The number of hydrogen-bond acceptors (Lipinski definition) is 4. The molecule has 4 saturated carbocycles. The van der Waals surface area contributed by atoms with Crippen molar-refractivity contribution in [3.05, 3.63) is 30.3 Å². The molecular formula is C25H36O4S. The van der Waals surface area contributed by atoms with Gasteiger partial charge in [0.25, 0.3) is 0 Å². The van der Waals surface area contributed by atoms with Gasteiger partial charge in [-0.3, -0.25) is 8.98 Å². The third-order valence-corrected chi connectivity index (χ3v) is 11.1. The molecule has 7 unspecified atom stereocenters. The smallest absolute Gasteiger partial charge is 0.139 e. The molecule has 0 aliphatic heterocycles. The Labute approximate surface area is 182 Å². The standard InChI is InChI=1S/C25H36O4S/c1-24-14-12-18(29-30(27,28)19-6-4-3-5-7-19)16-17(24)8-9-20-21-10-11-23(26)25(21,2)15-13-22(20)24/h3-7,17-18,20-22,27-28H,8-16H2,1-2H3. The Morgan fingerprint density at radius 3 is 2.50 bits per heavy atom. The zero-order valence-corrected chi connectivity index (χ0v) is 19.1. The highest BCUT2D eigenvalue weighted by Crippen LogP contribution is 2.66. The van der Waals surface area contributed by atoms with Gasteiger partial charge in [-0.15, -0.1) is 0 Å². The van der Waals surface area contributed by atoms with Gasteiger partial charge in [0.2, 0.25) is 0 Å². The van der Waals surface area contributed by atoms with Gasteiger partial charge in [-0.1, -0.05) is 32.0 Å². The first-order chi connectivity index (χ1) is 14.2. The highest BCUT2D eigenvalue weighted by molar-refractivity contribution is 8.20. The van der Waals surface area contributed by atoms with Gasteiger partial charge in [0.05, 0.1) is 11.0 Å². The molecule has 4 nitrogen and oxygen atoms in total. The van der Waals surface area contributed by atoms with Gasteiger partial charge in [0, 0.05) is 11.8 Å². The third kappa shape index (κ3) is 3.19. The minimum Gasteiger partial charge on any atom is -0.304 e. The second kappa shape index (κ2) is 7.33. The first-order valence-electron chi connectivity index (χ1n) is 11.8. The van der Waals surface area contributed by atoms with E-state index in [1.165, 1.54) is 19.3 Å². The number of ketones is 1. The Balaban J connectivity index is 1.30. The first-order valence-corrected chi connectivity index (χ1v) is 13.3. The second-order valence-electron chi connectivity index (χ2n) is 10.9. The Kier molecular flexibility index (Phi) is 5.13. The molecule has 0 amide bonds. The molecule has 0 radical (unpaired) electrons. The summed E-state index contributed by atoms with van der Waals surface area (Å²) in [6.07, 6.45) is 9.35. The molecule has 4 fully saturated rings. The number of carbonyl (C=O) groups is 1. The number of hydrogen-bond donors (Lipinski definition) is 2. The van der Waals surface area contributed by atoms with E-state index in [9.17, 15) is 13.9 Å². The summed E-state index contributed by atoms with van der Waals surface area (Å²) >= 11 is 0. The number of carbonyl (C=O) groups excluding carboxylic acids is 1. The molecule has 166 valence electrons. The summed E-state index contributed by atoms with van der Waals surface area (Å²) in [5.41, 5.74) is 0.239. The van der Waals surface area contributed by atoms with Crippen LogP contribution in [0.2, 0.25) is 0 Å². The highest BCUT2D eigenvalue weighted by Gasteiger charge is 2.60. The van der Waals surface area contributed by atoms with E-state index < -0.39 is 10.9 Å². The lowest BCUT2D eigenvalue weighted by atomic mass is 9.45.